The van der Waals surface area contributed by atoms with Gasteiger partial charge in [0.1, 0.15) is 0 Å². The molecular formula is C17H15BrN2O3. The molecule has 5 nitrogen and oxygen atoms in total. The zero-order valence-electron chi connectivity index (χ0n) is 12.7. The molecule has 0 aliphatic heterocycles. The molecule has 0 radical (unpaired) electrons. The van der Waals surface area contributed by atoms with Gasteiger partial charge in [-0.25, -0.2) is 0 Å². The number of aromatic nitrogens is 2. The lowest BCUT2D eigenvalue weighted by Crippen LogP contribution is -1.92. The molecule has 0 unspecified atom stereocenters. The van der Waals surface area contributed by atoms with Crippen molar-refractivity contribution in [1.82, 2.24) is 10.1 Å². The van der Waals surface area contributed by atoms with Crippen molar-refractivity contribution in [3.05, 3.63) is 58.4 Å². The number of hydrogen-bond acceptors (Lipinski definition) is 5. The van der Waals surface area contributed by atoms with Crippen LogP contribution in [0.4, 0.5) is 0 Å². The summed E-state index contributed by atoms with van der Waals surface area (Å²) in [6.07, 6.45) is 0.591. The Labute approximate surface area is 142 Å². The highest BCUT2D eigenvalue weighted by Gasteiger charge is 2.12. The van der Waals surface area contributed by atoms with Crippen molar-refractivity contribution in [2.75, 3.05) is 14.2 Å². The zero-order valence-corrected chi connectivity index (χ0v) is 14.3. The first-order valence-electron chi connectivity index (χ1n) is 6.99. The molecule has 0 fully saturated rings. The fraction of sp³-hybridized carbons (Fsp3) is 0.176. The van der Waals surface area contributed by atoms with Gasteiger partial charge in [0.15, 0.2) is 11.5 Å². The van der Waals surface area contributed by atoms with Gasteiger partial charge in [-0.15, -0.1) is 0 Å². The Hall–Kier alpha value is -2.34. The summed E-state index contributed by atoms with van der Waals surface area (Å²) in [5.41, 5.74) is 1.92. The van der Waals surface area contributed by atoms with Crippen LogP contribution in [-0.2, 0) is 6.42 Å². The summed E-state index contributed by atoms with van der Waals surface area (Å²) >= 11 is 3.42. The molecule has 2 aromatic carbocycles. The molecule has 0 spiro atoms. The second kappa shape index (κ2) is 6.83. The van der Waals surface area contributed by atoms with E-state index in [-0.39, 0.29) is 0 Å². The number of ether oxygens (including phenoxy) is 2. The zero-order chi connectivity index (χ0) is 16.2. The first-order valence-corrected chi connectivity index (χ1v) is 7.78. The summed E-state index contributed by atoms with van der Waals surface area (Å²) in [5.74, 6) is 2.38. The summed E-state index contributed by atoms with van der Waals surface area (Å²) in [7, 11) is 3.19. The Balaban J connectivity index is 1.82. The van der Waals surface area contributed by atoms with Crippen LogP contribution in [0.2, 0.25) is 0 Å². The smallest absolute Gasteiger partial charge is 0.231 e. The highest BCUT2D eigenvalue weighted by atomic mass is 79.9. The molecule has 0 saturated heterocycles. The lowest BCUT2D eigenvalue weighted by atomic mass is 10.1. The molecule has 0 bridgehead atoms. The van der Waals surface area contributed by atoms with E-state index in [4.69, 9.17) is 14.0 Å². The minimum Gasteiger partial charge on any atom is -0.493 e. The second-order valence-electron chi connectivity index (χ2n) is 4.88. The van der Waals surface area contributed by atoms with Gasteiger partial charge in [0.2, 0.25) is 11.7 Å². The predicted octanol–water partition coefficient (Wildman–Crippen LogP) is 4.11. The average molecular weight is 375 g/mol. The van der Waals surface area contributed by atoms with Crippen molar-refractivity contribution in [3.8, 4) is 22.9 Å². The maximum atomic E-state index is 5.34. The van der Waals surface area contributed by atoms with Crippen LogP contribution in [0, 0.1) is 0 Å². The fourth-order valence-electron chi connectivity index (χ4n) is 2.20. The van der Waals surface area contributed by atoms with Crippen LogP contribution in [0.15, 0.2) is 51.5 Å². The average Bonchev–Trinajstić information content (AvgIpc) is 3.05. The Morgan fingerprint density at radius 2 is 1.74 bits per heavy atom. The molecule has 0 N–H and O–H groups in total. The van der Waals surface area contributed by atoms with E-state index in [1.54, 1.807) is 14.2 Å². The maximum absolute atomic E-state index is 5.34. The number of benzene rings is 2. The highest BCUT2D eigenvalue weighted by molar-refractivity contribution is 9.10. The minimum absolute atomic E-state index is 0.526. The van der Waals surface area contributed by atoms with E-state index in [9.17, 15) is 0 Å². The lowest BCUT2D eigenvalue weighted by Gasteiger charge is -2.07. The predicted molar refractivity (Wildman–Crippen MR) is 89.8 cm³/mol. The Kier molecular flexibility index (Phi) is 4.62. The number of rotatable bonds is 5. The van der Waals surface area contributed by atoms with Gasteiger partial charge < -0.3 is 14.0 Å². The Morgan fingerprint density at radius 1 is 1.00 bits per heavy atom. The largest absolute Gasteiger partial charge is 0.493 e. The minimum atomic E-state index is 0.526. The molecule has 0 saturated carbocycles. The Bertz CT molecular complexity index is 800. The molecule has 0 amide bonds. The van der Waals surface area contributed by atoms with E-state index in [1.807, 2.05) is 42.5 Å². The molecule has 6 heteroatoms. The number of methoxy groups -OCH3 is 2. The normalized spacial score (nSPS) is 10.6. The van der Waals surface area contributed by atoms with Crippen molar-refractivity contribution in [2.24, 2.45) is 0 Å². The van der Waals surface area contributed by atoms with E-state index < -0.39 is 0 Å². The van der Waals surface area contributed by atoms with Crippen molar-refractivity contribution in [1.29, 1.82) is 0 Å². The van der Waals surface area contributed by atoms with Crippen LogP contribution < -0.4 is 9.47 Å². The van der Waals surface area contributed by atoms with E-state index in [2.05, 4.69) is 26.1 Å². The molecule has 0 atom stereocenters. The number of halogens is 1. The molecular weight excluding hydrogens is 360 g/mol. The van der Waals surface area contributed by atoms with Crippen LogP contribution in [0.3, 0.4) is 0 Å². The van der Waals surface area contributed by atoms with Crippen LogP contribution in [0.25, 0.3) is 11.4 Å². The summed E-state index contributed by atoms with van der Waals surface area (Å²) in [6.45, 7) is 0. The monoisotopic (exact) mass is 374 g/mol. The van der Waals surface area contributed by atoms with Crippen LogP contribution in [0.1, 0.15) is 11.5 Å². The lowest BCUT2D eigenvalue weighted by molar-refractivity contribution is 0.355. The first-order chi connectivity index (χ1) is 11.2. The topological polar surface area (TPSA) is 57.4 Å². The van der Waals surface area contributed by atoms with Crippen molar-refractivity contribution in [2.45, 2.75) is 6.42 Å². The number of nitrogens with zero attached hydrogens (tertiary/aromatic N) is 2. The third-order valence-electron chi connectivity index (χ3n) is 3.38. The quantitative estimate of drug-likeness (QED) is 0.672. The molecule has 118 valence electrons. The van der Waals surface area contributed by atoms with Crippen LogP contribution >= 0.6 is 15.9 Å². The highest BCUT2D eigenvalue weighted by Crippen LogP contribution is 2.31. The molecule has 3 rings (SSSR count). The van der Waals surface area contributed by atoms with Gasteiger partial charge in [-0.1, -0.05) is 33.2 Å². The molecule has 1 aromatic heterocycles. The second-order valence-corrected chi connectivity index (χ2v) is 5.80. The Morgan fingerprint density at radius 3 is 2.43 bits per heavy atom. The molecule has 0 aliphatic rings. The van der Waals surface area contributed by atoms with Crippen LogP contribution in [-0.4, -0.2) is 24.4 Å². The van der Waals surface area contributed by atoms with Gasteiger partial charge in [-0.05, 0) is 35.9 Å². The van der Waals surface area contributed by atoms with E-state index >= 15 is 0 Å². The third-order valence-corrected chi connectivity index (χ3v) is 3.91. The van der Waals surface area contributed by atoms with Crippen LogP contribution in [0.5, 0.6) is 11.5 Å². The molecule has 1 heterocycles. The van der Waals surface area contributed by atoms with Gasteiger partial charge >= 0.3 is 0 Å². The van der Waals surface area contributed by atoms with E-state index in [0.717, 1.165) is 15.6 Å². The first kappa shape index (κ1) is 15.6. The SMILES string of the molecule is COc1ccc(-c2noc(Cc3ccc(Br)cc3)n2)cc1OC. The summed E-state index contributed by atoms with van der Waals surface area (Å²) in [5, 5.41) is 4.04. The maximum Gasteiger partial charge on any atom is 0.231 e. The summed E-state index contributed by atoms with van der Waals surface area (Å²) < 4.78 is 16.9. The van der Waals surface area contributed by atoms with Gasteiger partial charge in [0, 0.05) is 10.0 Å². The summed E-state index contributed by atoms with van der Waals surface area (Å²) in [6, 6.07) is 13.5. The molecule has 0 aliphatic carbocycles. The van der Waals surface area contributed by atoms with Crippen molar-refractivity contribution in [3.63, 3.8) is 0 Å². The van der Waals surface area contributed by atoms with Gasteiger partial charge in [0.05, 0.1) is 20.6 Å². The van der Waals surface area contributed by atoms with Gasteiger partial charge in [-0.3, -0.25) is 0 Å². The third kappa shape index (κ3) is 3.53. The van der Waals surface area contributed by atoms with Crippen molar-refractivity contribution >= 4 is 15.9 Å². The molecule has 23 heavy (non-hydrogen) atoms. The fourth-order valence-corrected chi connectivity index (χ4v) is 2.46. The van der Waals surface area contributed by atoms with Gasteiger partial charge in [0.25, 0.3) is 0 Å². The summed E-state index contributed by atoms with van der Waals surface area (Å²) in [4.78, 5) is 4.44. The van der Waals surface area contributed by atoms with E-state index in [0.29, 0.717) is 29.6 Å². The van der Waals surface area contributed by atoms with Gasteiger partial charge in [-0.2, -0.15) is 4.98 Å². The standard InChI is InChI=1S/C17H15BrN2O3/c1-21-14-8-5-12(10-15(14)22-2)17-19-16(23-20-17)9-11-3-6-13(18)7-4-11/h3-8,10H,9H2,1-2H3. The number of hydrogen-bond donors (Lipinski definition) is 0. The van der Waals surface area contributed by atoms with E-state index in [1.165, 1.54) is 0 Å². The molecule has 3 aromatic rings. The van der Waals surface area contributed by atoms with Crippen molar-refractivity contribution < 1.29 is 14.0 Å².